The van der Waals surface area contributed by atoms with Crippen molar-refractivity contribution in [3.8, 4) is 28.1 Å². The number of amides is 4. The lowest BCUT2D eigenvalue weighted by atomic mass is 9.90. The quantitative estimate of drug-likeness (QED) is 0.0705. The molecule has 2 aliphatic heterocycles. The maximum absolute atomic E-state index is 14.1. The largest absolute Gasteiger partial charge is 0.573 e. The van der Waals surface area contributed by atoms with Crippen molar-refractivity contribution >= 4 is 46.9 Å². The summed E-state index contributed by atoms with van der Waals surface area (Å²) in [6, 6.07) is 10.6. The van der Waals surface area contributed by atoms with Crippen LogP contribution in [-0.2, 0) is 19.1 Å². The van der Waals surface area contributed by atoms with E-state index in [2.05, 4.69) is 41.0 Å². The summed E-state index contributed by atoms with van der Waals surface area (Å²) < 4.78 is 55.9. The molecular weight excluding hydrogens is 849 g/mol. The Kier molecular flexibility index (Phi) is 14.8. The fourth-order valence-electron chi connectivity index (χ4n) is 7.41. The molecule has 2 aliphatic rings. The number of carbonyl (C=O) groups is 4. The molecular formula is C43H50ClF3N8O8. The molecule has 2 aromatic carbocycles. The molecule has 0 unspecified atom stereocenters. The van der Waals surface area contributed by atoms with Crippen LogP contribution in [0.25, 0.3) is 22.4 Å². The Bertz CT molecular complexity index is 2250. The van der Waals surface area contributed by atoms with E-state index < -0.39 is 41.6 Å². The topological polar surface area (TPSA) is 209 Å². The highest BCUT2D eigenvalue weighted by molar-refractivity contribution is 6.34. The number of carbonyl (C=O) groups excluding carboxylic acids is 4. The van der Waals surface area contributed by atoms with Crippen molar-refractivity contribution in [3.63, 3.8) is 0 Å². The van der Waals surface area contributed by atoms with Gasteiger partial charge in [-0.25, -0.2) is 14.8 Å². The molecule has 0 bridgehead atoms. The summed E-state index contributed by atoms with van der Waals surface area (Å²) in [4.78, 5) is 65.5. The first-order chi connectivity index (χ1) is 30.0. The van der Waals surface area contributed by atoms with Gasteiger partial charge in [-0.1, -0.05) is 42.8 Å². The number of nitrogens with zero attached hydrogens (tertiary/aromatic N) is 3. The number of hydrogen-bond acceptors (Lipinski definition) is 11. The Morgan fingerprint density at radius 1 is 1.02 bits per heavy atom. The van der Waals surface area contributed by atoms with Crippen molar-refractivity contribution in [2.75, 3.05) is 57.2 Å². The van der Waals surface area contributed by atoms with Gasteiger partial charge in [-0.2, -0.15) is 0 Å². The Morgan fingerprint density at radius 3 is 2.38 bits per heavy atom. The molecule has 4 amide bonds. The Labute approximate surface area is 366 Å². The molecule has 338 valence electrons. The fourth-order valence-corrected chi connectivity index (χ4v) is 7.63. The predicted molar refractivity (Wildman–Crippen MR) is 227 cm³/mol. The van der Waals surface area contributed by atoms with E-state index in [0.717, 1.165) is 6.07 Å². The molecule has 63 heavy (non-hydrogen) atoms. The number of aromatic amines is 1. The third kappa shape index (κ3) is 11.8. The van der Waals surface area contributed by atoms with Gasteiger partial charge in [-0.05, 0) is 74.3 Å². The summed E-state index contributed by atoms with van der Waals surface area (Å²) in [6.07, 6.45) is -1.03. The van der Waals surface area contributed by atoms with E-state index in [9.17, 15) is 37.5 Å². The number of rotatable bonds is 15. The van der Waals surface area contributed by atoms with E-state index in [1.807, 2.05) is 6.92 Å². The number of aromatic nitrogens is 3. The second-order valence-electron chi connectivity index (χ2n) is 16.2. The average Bonchev–Trinajstić information content (AvgIpc) is 3.92. The van der Waals surface area contributed by atoms with Gasteiger partial charge in [0.2, 0.25) is 11.8 Å². The van der Waals surface area contributed by atoms with Crippen molar-refractivity contribution in [1.82, 2.24) is 30.5 Å². The minimum atomic E-state index is -5.08. The van der Waals surface area contributed by atoms with Crippen LogP contribution in [-0.4, -0.2) is 108 Å². The zero-order chi connectivity index (χ0) is 45.5. The Morgan fingerprint density at radius 2 is 1.73 bits per heavy atom. The molecule has 4 heterocycles. The number of H-pyrrole nitrogens is 1. The van der Waals surface area contributed by atoms with Crippen molar-refractivity contribution in [3.05, 3.63) is 77.3 Å². The lowest BCUT2D eigenvalue weighted by Gasteiger charge is -2.34. The Balaban J connectivity index is 1.14. The van der Waals surface area contributed by atoms with E-state index in [4.69, 9.17) is 21.1 Å². The monoisotopic (exact) mass is 898 g/mol. The summed E-state index contributed by atoms with van der Waals surface area (Å²) in [7, 11) is 1.25. The third-order valence-electron chi connectivity index (χ3n) is 11.0. The van der Waals surface area contributed by atoms with E-state index >= 15 is 0 Å². The lowest BCUT2D eigenvalue weighted by molar-refractivity contribution is -0.274. The molecule has 2 aromatic heterocycles. The van der Waals surface area contributed by atoms with Crippen LogP contribution in [0.3, 0.4) is 0 Å². The van der Waals surface area contributed by atoms with Gasteiger partial charge in [-0.15, -0.1) is 13.2 Å². The molecule has 0 aliphatic carbocycles. The van der Waals surface area contributed by atoms with E-state index in [0.29, 0.717) is 74.0 Å². The molecule has 20 heteroatoms. The van der Waals surface area contributed by atoms with Crippen molar-refractivity contribution in [2.45, 2.75) is 58.5 Å². The van der Waals surface area contributed by atoms with Gasteiger partial charge in [0.05, 0.1) is 53.3 Å². The molecule has 6 rings (SSSR count). The number of aliphatic hydroxyl groups is 1. The number of methoxy groups -OCH3 is 1. The Hall–Kier alpha value is -5.92. The predicted octanol–water partition coefficient (Wildman–Crippen LogP) is 6.55. The minimum absolute atomic E-state index is 0.00845. The maximum Gasteiger partial charge on any atom is 0.573 e. The fraction of sp³-hybridized carbons (Fsp3) is 0.442. The summed E-state index contributed by atoms with van der Waals surface area (Å²) in [5.74, 6) is -0.874. The van der Waals surface area contributed by atoms with E-state index in [1.54, 1.807) is 49.2 Å². The summed E-state index contributed by atoms with van der Waals surface area (Å²) in [5.41, 5.74) is 0.629. The maximum atomic E-state index is 14.1. The first kappa shape index (κ1) is 46.6. The second-order valence-corrected chi connectivity index (χ2v) is 16.6. The second kappa shape index (κ2) is 20.1. The molecule has 3 atom stereocenters. The average molecular weight is 899 g/mol. The van der Waals surface area contributed by atoms with Crippen LogP contribution >= 0.6 is 11.6 Å². The standard InChI is InChI=1S/C43H50ClF3N8O8/c1-24-17-33(55(22-24)39(58)36(54-41(60)61-4)27-11-15-62-16-12-27)37-51-21-32(52-37)26-7-5-25(6-8-26)29-18-30(44)31(19-34(29)63-43(45,46)47)53-38(57)28-9-10-35(50-20-28)48-13-14-49-40(59)42(2,3)23-56/h5-10,18-21,24,27,33,36,56H,11-17,22-23H2,1-4H3,(H,48,50)(H,49,59)(H,51,52)(H,53,57)(H,54,60)/t24-,33-,36-/m0/s1. The number of aliphatic hydroxyl groups excluding tert-OH is 1. The number of hydrogen-bond donors (Lipinski definition) is 6. The summed E-state index contributed by atoms with van der Waals surface area (Å²) in [6.45, 7) is 6.94. The summed E-state index contributed by atoms with van der Waals surface area (Å²) >= 11 is 6.55. The third-order valence-corrected chi connectivity index (χ3v) is 11.3. The highest BCUT2D eigenvalue weighted by Crippen LogP contribution is 2.41. The normalized spacial score (nSPS) is 17.4. The van der Waals surface area contributed by atoms with Crippen LogP contribution in [0.4, 0.5) is 29.5 Å². The van der Waals surface area contributed by atoms with Crippen LogP contribution in [0.5, 0.6) is 5.75 Å². The van der Waals surface area contributed by atoms with Crippen LogP contribution < -0.4 is 26.0 Å². The SMILES string of the molecule is COC(=O)N[C@H](C(=O)N1C[C@@H](C)C[C@H]1c1ncc(-c2ccc(-c3cc(Cl)c(NC(=O)c4ccc(NCCNC(=O)C(C)(C)CO)nc4)cc3OC(F)(F)F)cc2)[nH]1)C1CCOCC1. The first-order valence-electron chi connectivity index (χ1n) is 20.3. The molecule has 4 aromatic rings. The van der Waals surface area contributed by atoms with Gasteiger partial charge < -0.3 is 50.5 Å². The van der Waals surface area contributed by atoms with Gasteiger partial charge in [0.1, 0.15) is 23.4 Å². The molecule has 6 N–H and O–H groups in total. The minimum Gasteiger partial charge on any atom is -0.453 e. The number of alkyl carbamates (subject to hydrolysis) is 1. The number of pyridine rings is 1. The number of benzene rings is 2. The number of imidazole rings is 1. The van der Waals surface area contributed by atoms with Crippen LogP contribution in [0, 0.1) is 17.3 Å². The molecule has 16 nitrogen and oxygen atoms in total. The molecule has 2 saturated heterocycles. The van der Waals surface area contributed by atoms with Crippen LogP contribution in [0.15, 0.2) is 60.9 Å². The smallest absolute Gasteiger partial charge is 0.453 e. The van der Waals surface area contributed by atoms with Gasteiger partial charge in [0.25, 0.3) is 5.91 Å². The van der Waals surface area contributed by atoms with Crippen molar-refractivity contribution in [1.29, 1.82) is 0 Å². The van der Waals surface area contributed by atoms with E-state index in [-0.39, 0.29) is 58.6 Å². The zero-order valence-corrected chi connectivity index (χ0v) is 35.9. The molecule has 0 saturated carbocycles. The zero-order valence-electron chi connectivity index (χ0n) is 35.1. The van der Waals surface area contributed by atoms with Crippen LogP contribution in [0.2, 0.25) is 5.02 Å². The molecule has 0 radical (unpaired) electrons. The lowest BCUT2D eigenvalue weighted by Crippen LogP contribution is -2.53. The van der Waals surface area contributed by atoms with E-state index in [1.165, 1.54) is 31.5 Å². The number of nitrogens with one attached hydrogen (secondary N) is 5. The molecule has 2 fully saturated rings. The molecule has 0 spiro atoms. The number of likely N-dealkylation sites (tertiary alicyclic amines) is 1. The van der Waals surface area contributed by atoms with Crippen molar-refractivity contribution < 1.29 is 51.7 Å². The number of alkyl halides is 3. The van der Waals surface area contributed by atoms with Gasteiger partial charge in [0.15, 0.2) is 0 Å². The highest BCUT2D eigenvalue weighted by Gasteiger charge is 2.42. The van der Waals surface area contributed by atoms with Gasteiger partial charge in [-0.3, -0.25) is 14.4 Å². The van der Waals surface area contributed by atoms with Gasteiger partial charge >= 0.3 is 12.5 Å². The van der Waals surface area contributed by atoms with Crippen LogP contribution in [0.1, 0.15) is 62.3 Å². The van der Waals surface area contributed by atoms with Crippen molar-refractivity contribution in [2.24, 2.45) is 17.3 Å². The number of anilines is 2. The summed E-state index contributed by atoms with van der Waals surface area (Å²) in [5, 5.41) is 20.3. The number of ether oxygens (including phenoxy) is 3. The first-order valence-corrected chi connectivity index (χ1v) is 20.7. The number of halogens is 4. The highest BCUT2D eigenvalue weighted by atomic mass is 35.5. The van der Waals surface area contributed by atoms with Gasteiger partial charge in [0, 0.05) is 50.7 Å².